The Morgan fingerprint density at radius 3 is 2.72 bits per heavy atom. The normalized spacial score (nSPS) is 17.0. The summed E-state index contributed by atoms with van der Waals surface area (Å²) in [5, 5.41) is 7.63. The summed E-state index contributed by atoms with van der Waals surface area (Å²) in [6.07, 6.45) is 4.85. The summed E-state index contributed by atoms with van der Waals surface area (Å²) >= 11 is 6.18. The molecule has 3 rings (SSSR count). The molecule has 1 N–H and O–H groups in total. The lowest BCUT2D eigenvalue weighted by Gasteiger charge is -2.26. The smallest absolute Gasteiger partial charge is 0.237 e. The van der Waals surface area contributed by atoms with E-state index >= 15 is 0 Å². The minimum absolute atomic E-state index is 0.0255. The van der Waals surface area contributed by atoms with Crippen LogP contribution >= 0.6 is 11.6 Å². The van der Waals surface area contributed by atoms with Crippen molar-refractivity contribution in [1.29, 1.82) is 0 Å². The number of aromatic nitrogens is 1. The molecule has 1 aliphatic rings. The van der Waals surface area contributed by atoms with Crippen LogP contribution in [0.2, 0.25) is 5.02 Å². The first-order valence-corrected chi connectivity index (χ1v) is 9.25. The van der Waals surface area contributed by atoms with Crippen LogP contribution in [0, 0.1) is 0 Å². The van der Waals surface area contributed by atoms with Gasteiger partial charge in [-0.1, -0.05) is 47.8 Å². The fourth-order valence-electron chi connectivity index (χ4n) is 3.16. The summed E-state index contributed by atoms with van der Waals surface area (Å²) in [6.45, 7) is 4.28. The molecule has 5 nitrogen and oxygen atoms in total. The molecule has 25 heavy (non-hydrogen) atoms. The predicted molar refractivity (Wildman–Crippen MR) is 98.3 cm³/mol. The molecule has 1 fully saturated rings. The minimum Gasteiger partial charge on any atom is -0.359 e. The maximum Gasteiger partial charge on any atom is 0.237 e. The molecule has 0 aliphatic carbocycles. The van der Waals surface area contributed by atoms with E-state index in [1.807, 2.05) is 37.3 Å². The lowest BCUT2D eigenvalue weighted by molar-refractivity contribution is -0.126. The summed E-state index contributed by atoms with van der Waals surface area (Å²) in [5.74, 6) is 0.643. The van der Waals surface area contributed by atoms with Crippen molar-refractivity contribution in [2.24, 2.45) is 0 Å². The molecule has 134 valence electrons. The summed E-state index contributed by atoms with van der Waals surface area (Å²) in [5.41, 5.74) is 1.50. The number of benzene rings is 1. The van der Waals surface area contributed by atoms with Crippen molar-refractivity contribution in [3.05, 3.63) is 41.1 Å². The maximum atomic E-state index is 12.4. The van der Waals surface area contributed by atoms with Crippen molar-refractivity contribution in [1.82, 2.24) is 15.4 Å². The van der Waals surface area contributed by atoms with Gasteiger partial charge in [-0.15, -0.1) is 0 Å². The number of nitrogens with one attached hydrogen (secondary N) is 1. The second-order valence-electron chi connectivity index (χ2n) is 6.50. The van der Waals surface area contributed by atoms with E-state index in [1.54, 1.807) is 0 Å². The SMILES string of the molecule is CC(C(=O)NCc1cc(-c2ccccc2Cl)no1)N1CCCCCC1. The topological polar surface area (TPSA) is 58.4 Å². The average Bonchev–Trinajstić information content (AvgIpc) is 2.92. The van der Waals surface area contributed by atoms with Crippen molar-refractivity contribution >= 4 is 17.5 Å². The van der Waals surface area contributed by atoms with E-state index in [1.165, 1.54) is 25.7 Å². The van der Waals surface area contributed by atoms with E-state index in [4.69, 9.17) is 16.1 Å². The number of rotatable bonds is 5. The zero-order chi connectivity index (χ0) is 17.6. The Kier molecular flexibility index (Phi) is 6.10. The molecule has 1 unspecified atom stereocenters. The first-order chi connectivity index (χ1) is 12.1. The van der Waals surface area contributed by atoms with E-state index in [2.05, 4.69) is 15.4 Å². The van der Waals surface area contributed by atoms with Gasteiger partial charge in [0.1, 0.15) is 5.69 Å². The highest BCUT2D eigenvalue weighted by Crippen LogP contribution is 2.26. The molecule has 1 amide bonds. The highest BCUT2D eigenvalue weighted by Gasteiger charge is 2.22. The average molecular weight is 362 g/mol. The lowest BCUT2D eigenvalue weighted by atomic mass is 10.1. The molecule has 0 spiro atoms. The second kappa shape index (κ2) is 8.50. The zero-order valence-electron chi connectivity index (χ0n) is 14.5. The molecule has 0 radical (unpaired) electrons. The van der Waals surface area contributed by atoms with Crippen LogP contribution in [0.15, 0.2) is 34.9 Å². The van der Waals surface area contributed by atoms with Gasteiger partial charge >= 0.3 is 0 Å². The number of halogens is 1. The van der Waals surface area contributed by atoms with E-state index in [0.29, 0.717) is 23.0 Å². The first kappa shape index (κ1) is 18.0. The van der Waals surface area contributed by atoms with Gasteiger partial charge in [0.2, 0.25) is 5.91 Å². The molecule has 1 aromatic carbocycles. The van der Waals surface area contributed by atoms with Crippen molar-refractivity contribution < 1.29 is 9.32 Å². The molecule has 2 heterocycles. The molecular weight excluding hydrogens is 338 g/mol. The van der Waals surface area contributed by atoms with E-state index < -0.39 is 0 Å². The fraction of sp³-hybridized carbons (Fsp3) is 0.474. The van der Waals surface area contributed by atoms with Gasteiger partial charge in [-0.05, 0) is 38.9 Å². The molecule has 0 bridgehead atoms. The Labute approximate surface area is 153 Å². The highest BCUT2D eigenvalue weighted by molar-refractivity contribution is 6.33. The summed E-state index contributed by atoms with van der Waals surface area (Å²) < 4.78 is 5.33. The van der Waals surface area contributed by atoms with Gasteiger partial charge in [0.15, 0.2) is 5.76 Å². The third-order valence-electron chi connectivity index (χ3n) is 4.71. The molecule has 1 aromatic heterocycles. The van der Waals surface area contributed by atoms with Gasteiger partial charge < -0.3 is 9.84 Å². The van der Waals surface area contributed by atoms with Crippen molar-refractivity contribution in [2.75, 3.05) is 13.1 Å². The number of likely N-dealkylation sites (tertiary alicyclic amines) is 1. The van der Waals surface area contributed by atoms with Crippen LogP contribution in [0.4, 0.5) is 0 Å². The van der Waals surface area contributed by atoms with Crippen molar-refractivity contribution in [2.45, 2.75) is 45.2 Å². The quantitative estimate of drug-likeness (QED) is 0.878. The summed E-state index contributed by atoms with van der Waals surface area (Å²) in [6, 6.07) is 9.18. The first-order valence-electron chi connectivity index (χ1n) is 8.87. The molecule has 2 aromatic rings. The van der Waals surface area contributed by atoms with Crippen molar-refractivity contribution in [3.63, 3.8) is 0 Å². The van der Waals surface area contributed by atoms with Crippen LogP contribution in [-0.4, -0.2) is 35.1 Å². The molecular formula is C19H24ClN3O2. The van der Waals surface area contributed by atoms with Crippen LogP contribution < -0.4 is 5.32 Å². The number of nitrogens with zero attached hydrogens (tertiary/aromatic N) is 2. The second-order valence-corrected chi connectivity index (χ2v) is 6.91. The van der Waals surface area contributed by atoms with Crippen LogP contribution in [0.3, 0.4) is 0 Å². The summed E-state index contributed by atoms with van der Waals surface area (Å²) in [4.78, 5) is 14.7. The van der Waals surface area contributed by atoms with Gasteiger partial charge in [0.05, 0.1) is 17.6 Å². The molecule has 1 saturated heterocycles. The van der Waals surface area contributed by atoms with E-state index in [0.717, 1.165) is 18.7 Å². The third kappa shape index (κ3) is 4.61. The van der Waals surface area contributed by atoms with Gasteiger partial charge in [-0.25, -0.2) is 0 Å². The largest absolute Gasteiger partial charge is 0.359 e. The predicted octanol–water partition coefficient (Wildman–Crippen LogP) is 3.88. The Hall–Kier alpha value is -1.85. The summed E-state index contributed by atoms with van der Waals surface area (Å²) in [7, 11) is 0. The molecule has 0 saturated carbocycles. The number of hydrogen-bond acceptors (Lipinski definition) is 4. The van der Waals surface area contributed by atoms with Crippen LogP contribution in [0.1, 0.15) is 38.4 Å². The Balaban J connectivity index is 1.56. The number of carbonyl (C=O) groups is 1. The third-order valence-corrected chi connectivity index (χ3v) is 5.04. The Morgan fingerprint density at radius 1 is 1.28 bits per heavy atom. The minimum atomic E-state index is -0.121. The Morgan fingerprint density at radius 2 is 2.00 bits per heavy atom. The lowest BCUT2D eigenvalue weighted by Crippen LogP contribution is -2.45. The number of hydrogen-bond donors (Lipinski definition) is 1. The van der Waals surface area contributed by atoms with Crippen molar-refractivity contribution in [3.8, 4) is 11.3 Å². The van der Waals surface area contributed by atoms with Gasteiger partial charge in [-0.3, -0.25) is 9.69 Å². The fourth-order valence-corrected chi connectivity index (χ4v) is 3.39. The van der Waals surface area contributed by atoms with E-state index in [-0.39, 0.29) is 11.9 Å². The van der Waals surface area contributed by atoms with Gasteiger partial charge in [0.25, 0.3) is 0 Å². The van der Waals surface area contributed by atoms with Crippen LogP contribution in [0.25, 0.3) is 11.3 Å². The Bertz CT molecular complexity index is 708. The van der Waals surface area contributed by atoms with Gasteiger partial charge in [0, 0.05) is 11.6 Å². The monoisotopic (exact) mass is 361 g/mol. The van der Waals surface area contributed by atoms with E-state index in [9.17, 15) is 4.79 Å². The van der Waals surface area contributed by atoms with Gasteiger partial charge in [-0.2, -0.15) is 0 Å². The molecule has 6 heteroatoms. The zero-order valence-corrected chi connectivity index (χ0v) is 15.3. The van der Waals surface area contributed by atoms with Crippen LogP contribution in [0.5, 0.6) is 0 Å². The van der Waals surface area contributed by atoms with Crippen LogP contribution in [-0.2, 0) is 11.3 Å². The maximum absolute atomic E-state index is 12.4. The molecule has 1 aliphatic heterocycles. The number of carbonyl (C=O) groups excluding carboxylic acids is 1. The standard InChI is InChI=1S/C19H24ClN3O2/c1-14(23-10-6-2-3-7-11-23)19(24)21-13-15-12-18(22-25-15)16-8-4-5-9-17(16)20/h4-5,8-9,12,14H,2-3,6-7,10-11,13H2,1H3,(H,21,24). The number of amides is 1. The highest BCUT2D eigenvalue weighted by atomic mass is 35.5. The molecule has 1 atom stereocenters.